The minimum absolute atomic E-state index is 0.104. The topological polar surface area (TPSA) is 48.4 Å². The summed E-state index contributed by atoms with van der Waals surface area (Å²) >= 11 is 3.13. The Hall–Kier alpha value is -1.40. The smallest absolute Gasteiger partial charge is 0.174 e. The molecule has 0 bridgehead atoms. The van der Waals surface area contributed by atoms with Gasteiger partial charge in [0, 0.05) is 23.3 Å². The molecule has 0 aliphatic carbocycles. The molecule has 1 heterocycles. The highest BCUT2D eigenvalue weighted by molar-refractivity contribution is 9.10. The lowest BCUT2D eigenvalue weighted by Crippen LogP contribution is -2.15. The highest BCUT2D eigenvalue weighted by Gasteiger charge is 2.22. The van der Waals surface area contributed by atoms with E-state index in [4.69, 9.17) is 14.9 Å². The number of hydrogen-bond acceptors (Lipinski definition) is 3. The molecule has 1 unspecified atom stereocenters. The van der Waals surface area contributed by atoms with Crippen LogP contribution < -0.4 is 10.5 Å². The van der Waals surface area contributed by atoms with E-state index in [0.29, 0.717) is 10.2 Å². The van der Waals surface area contributed by atoms with Crippen molar-refractivity contribution in [2.45, 2.75) is 6.04 Å². The number of ether oxygens (including phenoxy) is 1. The SMILES string of the molecule is COc1cc(F)c(C(N)c2ccoc2Br)c(F)c1. The van der Waals surface area contributed by atoms with E-state index in [-0.39, 0.29) is 11.3 Å². The first-order chi connectivity index (χ1) is 8.54. The van der Waals surface area contributed by atoms with Gasteiger partial charge in [-0.2, -0.15) is 0 Å². The number of halogens is 3. The van der Waals surface area contributed by atoms with Gasteiger partial charge in [0.1, 0.15) is 17.4 Å². The van der Waals surface area contributed by atoms with E-state index in [0.717, 1.165) is 12.1 Å². The molecule has 3 nitrogen and oxygen atoms in total. The summed E-state index contributed by atoms with van der Waals surface area (Å²) < 4.78 is 37.8. The monoisotopic (exact) mass is 317 g/mol. The van der Waals surface area contributed by atoms with E-state index < -0.39 is 17.7 Å². The first-order valence-corrected chi connectivity index (χ1v) is 5.85. The van der Waals surface area contributed by atoms with E-state index in [1.807, 2.05) is 0 Å². The maximum atomic E-state index is 13.8. The molecule has 2 N–H and O–H groups in total. The molecule has 0 amide bonds. The molecule has 1 aromatic carbocycles. The normalized spacial score (nSPS) is 12.5. The molecule has 0 saturated carbocycles. The molecule has 6 heteroatoms. The predicted molar refractivity (Wildman–Crippen MR) is 65.3 cm³/mol. The quantitative estimate of drug-likeness (QED) is 0.944. The summed E-state index contributed by atoms with van der Waals surface area (Å²) in [6, 6.07) is 2.78. The van der Waals surface area contributed by atoms with Crippen LogP contribution in [0, 0.1) is 11.6 Å². The third-order valence-electron chi connectivity index (χ3n) is 2.58. The van der Waals surface area contributed by atoms with Crippen LogP contribution in [0.15, 0.2) is 33.5 Å². The number of methoxy groups -OCH3 is 1. The summed E-state index contributed by atoms with van der Waals surface area (Å²) in [5, 5.41) is 0. The van der Waals surface area contributed by atoms with Crippen LogP contribution in [0.2, 0.25) is 0 Å². The maximum absolute atomic E-state index is 13.8. The van der Waals surface area contributed by atoms with E-state index >= 15 is 0 Å². The van der Waals surface area contributed by atoms with Gasteiger partial charge in [-0.25, -0.2) is 8.78 Å². The molecular formula is C12H10BrF2NO2. The van der Waals surface area contributed by atoms with Crippen LogP contribution in [0.4, 0.5) is 8.78 Å². The summed E-state index contributed by atoms with van der Waals surface area (Å²) in [5.41, 5.74) is 6.09. The fourth-order valence-corrected chi connectivity index (χ4v) is 2.14. The van der Waals surface area contributed by atoms with Crippen LogP contribution in [-0.2, 0) is 0 Å². The Morgan fingerprint density at radius 3 is 2.39 bits per heavy atom. The Bertz CT molecular complexity index is 548. The van der Waals surface area contributed by atoms with Crippen molar-refractivity contribution in [1.29, 1.82) is 0 Å². The molecule has 18 heavy (non-hydrogen) atoms. The summed E-state index contributed by atoms with van der Waals surface area (Å²) in [6.07, 6.45) is 1.39. The van der Waals surface area contributed by atoms with Crippen molar-refractivity contribution in [1.82, 2.24) is 0 Å². The van der Waals surface area contributed by atoms with Crippen LogP contribution in [0.1, 0.15) is 17.2 Å². The van der Waals surface area contributed by atoms with Crippen molar-refractivity contribution in [3.05, 3.63) is 51.9 Å². The fraction of sp³-hybridized carbons (Fsp3) is 0.167. The van der Waals surface area contributed by atoms with Gasteiger partial charge in [-0.05, 0) is 22.0 Å². The summed E-state index contributed by atoms with van der Waals surface area (Å²) in [7, 11) is 1.33. The molecule has 1 aromatic heterocycles. The number of benzene rings is 1. The molecule has 0 spiro atoms. The van der Waals surface area contributed by atoms with Crippen LogP contribution >= 0.6 is 15.9 Å². The average Bonchev–Trinajstić information content (AvgIpc) is 2.74. The zero-order chi connectivity index (χ0) is 13.3. The fourth-order valence-electron chi connectivity index (χ4n) is 1.66. The van der Waals surface area contributed by atoms with Gasteiger partial charge in [-0.1, -0.05) is 0 Å². The van der Waals surface area contributed by atoms with Gasteiger partial charge in [-0.15, -0.1) is 0 Å². The van der Waals surface area contributed by atoms with E-state index in [1.165, 1.54) is 13.4 Å². The second-order valence-corrected chi connectivity index (χ2v) is 4.35. The molecule has 0 radical (unpaired) electrons. The van der Waals surface area contributed by atoms with Gasteiger partial charge in [-0.3, -0.25) is 0 Å². The number of hydrogen-bond donors (Lipinski definition) is 1. The van der Waals surface area contributed by atoms with E-state index in [9.17, 15) is 8.78 Å². The average molecular weight is 318 g/mol. The molecule has 0 aliphatic rings. The Morgan fingerprint density at radius 1 is 1.33 bits per heavy atom. The molecule has 2 aromatic rings. The largest absolute Gasteiger partial charge is 0.497 e. The summed E-state index contributed by atoms with van der Waals surface area (Å²) in [6.45, 7) is 0. The highest BCUT2D eigenvalue weighted by Crippen LogP contribution is 2.32. The van der Waals surface area contributed by atoms with Gasteiger partial charge in [0.25, 0.3) is 0 Å². The van der Waals surface area contributed by atoms with E-state index in [2.05, 4.69) is 15.9 Å². The summed E-state index contributed by atoms with van der Waals surface area (Å²) in [4.78, 5) is 0. The van der Waals surface area contributed by atoms with E-state index in [1.54, 1.807) is 6.07 Å². The van der Waals surface area contributed by atoms with Crippen molar-refractivity contribution >= 4 is 15.9 Å². The van der Waals surface area contributed by atoms with Crippen LogP contribution in [0.3, 0.4) is 0 Å². The van der Waals surface area contributed by atoms with Gasteiger partial charge in [0.15, 0.2) is 4.67 Å². The molecular weight excluding hydrogens is 308 g/mol. The molecule has 0 aliphatic heterocycles. The lowest BCUT2D eigenvalue weighted by atomic mass is 10.0. The Labute approximate surface area is 111 Å². The van der Waals surface area contributed by atoms with Crippen LogP contribution in [-0.4, -0.2) is 7.11 Å². The van der Waals surface area contributed by atoms with Crippen molar-refractivity contribution < 1.29 is 17.9 Å². The molecule has 0 saturated heterocycles. The Kier molecular flexibility index (Phi) is 3.68. The summed E-state index contributed by atoms with van der Waals surface area (Å²) in [5.74, 6) is -1.41. The minimum atomic E-state index is -0.955. The first kappa shape index (κ1) is 13.0. The highest BCUT2D eigenvalue weighted by atomic mass is 79.9. The second kappa shape index (κ2) is 5.07. The Morgan fingerprint density at radius 2 is 1.94 bits per heavy atom. The van der Waals surface area contributed by atoms with Gasteiger partial charge >= 0.3 is 0 Å². The third-order valence-corrected chi connectivity index (χ3v) is 3.23. The van der Waals surface area contributed by atoms with Crippen LogP contribution in [0.25, 0.3) is 0 Å². The number of furan rings is 1. The van der Waals surface area contributed by atoms with Gasteiger partial charge in [0.05, 0.1) is 19.4 Å². The lowest BCUT2D eigenvalue weighted by Gasteiger charge is -2.14. The Balaban J connectivity index is 2.48. The number of rotatable bonds is 3. The van der Waals surface area contributed by atoms with Crippen LogP contribution in [0.5, 0.6) is 5.75 Å². The lowest BCUT2D eigenvalue weighted by molar-refractivity contribution is 0.404. The minimum Gasteiger partial charge on any atom is -0.497 e. The van der Waals surface area contributed by atoms with Gasteiger partial charge in [0.2, 0.25) is 0 Å². The molecule has 1 atom stereocenters. The standard InChI is InChI=1S/C12H10BrF2NO2/c1-17-6-4-8(14)10(9(15)5-6)11(16)7-2-3-18-12(7)13/h2-5,11H,16H2,1H3. The van der Waals surface area contributed by atoms with Crippen molar-refractivity contribution in [3.8, 4) is 5.75 Å². The number of nitrogens with two attached hydrogens (primary N) is 1. The zero-order valence-corrected chi connectivity index (χ0v) is 11.0. The van der Waals surface area contributed by atoms with Crippen molar-refractivity contribution in [2.75, 3.05) is 7.11 Å². The van der Waals surface area contributed by atoms with Gasteiger partial charge < -0.3 is 14.9 Å². The maximum Gasteiger partial charge on any atom is 0.174 e. The molecule has 2 rings (SSSR count). The zero-order valence-electron chi connectivity index (χ0n) is 9.41. The second-order valence-electron chi connectivity index (χ2n) is 3.63. The van der Waals surface area contributed by atoms with Crippen molar-refractivity contribution in [2.24, 2.45) is 5.73 Å². The molecule has 0 fully saturated rings. The predicted octanol–water partition coefficient (Wildman–Crippen LogP) is 3.38. The third kappa shape index (κ3) is 2.26. The first-order valence-electron chi connectivity index (χ1n) is 5.06. The molecule has 96 valence electrons. The van der Waals surface area contributed by atoms with Crippen molar-refractivity contribution in [3.63, 3.8) is 0 Å².